The van der Waals surface area contributed by atoms with E-state index in [1.165, 1.54) is 11.5 Å². The molecule has 2 nitrogen and oxygen atoms in total. The van der Waals surface area contributed by atoms with E-state index in [0.29, 0.717) is 16.3 Å². The third-order valence-corrected chi connectivity index (χ3v) is 4.53. The molecule has 0 radical (unpaired) electrons. The molecule has 0 aliphatic carbocycles. The molecule has 0 aliphatic rings. The van der Waals surface area contributed by atoms with Gasteiger partial charge in [-0.1, -0.05) is 0 Å². The van der Waals surface area contributed by atoms with Gasteiger partial charge in [0, 0.05) is 24.4 Å². The fraction of sp³-hybridized carbons (Fsp3) is 1.00. The van der Waals surface area contributed by atoms with Crippen LogP contribution in [0, 0.1) is 0 Å². The molecule has 0 rings (SSSR count). The Morgan fingerprint density at radius 2 is 1.62 bits per heavy atom. The van der Waals surface area contributed by atoms with Crippen LogP contribution in [-0.4, -0.2) is 29.8 Å². The van der Waals surface area contributed by atoms with Crippen LogP contribution in [0.15, 0.2) is 0 Å². The van der Waals surface area contributed by atoms with E-state index in [1.807, 2.05) is 13.8 Å². The van der Waals surface area contributed by atoms with Gasteiger partial charge < -0.3 is 9.47 Å². The molecule has 3 heteroatoms. The fourth-order valence-corrected chi connectivity index (χ4v) is 2.96. The summed E-state index contributed by atoms with van der Waals surface area (Å²) in [7, 11) is 0.390. The van der Waals surface area contributed by atoms with Gasteiger partial charge in [0.15, 0.2) is 6.29 Å². The molecule has 0 bridgehead atoms. The predicted octanol–water partition coefficient (Wildman–Crippen LogP) is 2.39. The van der Waals surface area contributed by atoms with Crippen molar-refractivity contribution in [2.24, 2.45) is 0 Å². The van der Waals surface area contributed by atoms with Gasteiger partial charge in [0.1, 0.15) is 11.5 Å². The summed E-state index contributed by atoms with van der Waals surface area (Å²) in [4.78, 5) is 0. The molecule has 2 atom stereocenters. The van der Waals surface area contributed by atoms with Crippen molar-refractivity contribution in [2.45, 2.75) is 46.3 Å². The topological polar surface area (TPSA) is 18.5 Å². The van der Waals surface area contributed by atoms with Crippen molar-refractivity contribution in [3.05, 3.63) is 0 Å². The number of hydrogen-bond acceptors (Lipinski definition) is 2. The number of hydrogen-bond donors (Lipinski definition) is 0. The van der Waals surface area contributed by atoms with E-state index < -0.39 is 0 Å². The lowest BCUT2D eigenvalue weighted by Gasteiger charge is -2.18. The van der Waals surface area contributed by atoms with Crippen molar-refractivity contribution >= 4 is 10.9 Å². The lowest BCUT2D eigenvalue weighted by atomic mass is 10.7. The van der Waals surface area contributed by atoms with Crippen LogP contribution in [0.3, 0.4) is 0 Å². The van der Waals surface area contributed by atoms with E-state index >= 15 is 0 Å². The summed E-state index contributed by atoms with van der Waals surface area (Å²) < 4.78 is 11.1. The van der Waals surface area contributed by atoms with E-state index in [1.54, 1.807) is 0 Å². The highest BCUT2D eigenvalue weighted by atomic mass is 32.2. The summed E-state index contributed by atoms with van der Waals surface area (Å²) in [6.45, 7) is 11.3. The SMILES string of the molecule is CCOC(C)OC(C)[S+](CC)CC. The molecule has 0 saturated heterocycles. The summed E-state index contributed by atoms with van der Waals surface area (Å²) in [5.41, 5.74) is 0.330. The first-order valence-corrected chi connectivity index (χ1v) is 6.71. The zero-order chi connectivity index (χ0) is 10.3. The smallest absolute Gasteiger partial charge is 0.217 e. The minimum absolute atomic E-state index is 0.0619. The van der Waals surface area contributed by atoms with Crippen LogP contribution in [0.25, 0.3) is 0 Å². The zero-order valence-corrected chi connectivity index (χ0v) is 10.3. The van der Waals surface area contributed by atoms with Gasteiger partial charge in [-0.15, -0.1) is 0 Å². The van der Waals surface area contributed by atoms with Crippen LogP contribution in [-0.2, 0) is 20.4 Å². The standard InChI is InChI=1S/C10H23O2S/c1-6-11-9(4)12-10(5)13(7-2)8-3/h9-10H,6-8H2,1-5H3/q+1. The molecular weight excluding hydrogens is 184 g/mol. The van der Waals surface area contributed by atoms with Crippen molar-refractivity contribution in [3.63, 3.8) is 0 Å². The average Bonchev–Trinajstić information content (AvgIpc) is 2.06. The maximum Gasteiger partial charge on any atom is 0.217 e. The van der Waals surface area contributed by atoms with Gasteiger partial charge in [-0.25, -0.2) is 0 Å². The first-order valence-electron chi connectivity index (χ1n) is 5.08. The Morgan fingerprint density at radius 3 is 2.00 bits per heavy atom. The van der Waals surface area contributed by atoms with Gasteiger partial charge in [-0.05, 0) is 27.7 Å². The second-order valence-electron chi connectivity index (χ2n) is 2.84. The van der Waals surface area contributed by atoms with Gasteiger partial charge in [0.05, 0.1) is 0 Å². The largest absolute Gasteiger partial charge is 0.353 e. The van der Waals surface area contributed by atoms with Gasteiger partial charge in [0.2, 0.25) is 5.44 Å². The Labute approximate surface area is 85.3 Å². The van der Waals surface area contributed by atoms with E-state index in [0.717, 1.165) is 6.61 Å². The predicted molar refractivity (Wildman–Crippen MR) is 60.1 cm³/mol. The van der Waals surface area contributed by atoms with Crippen LogP contribution in [0.4, 0.5) is 0 Å². The van der Waals surface area contributed by atoms with E-state index in [4.69, 9.17) is 9.47 Å². The quantitative estimate of drug-likeness (QED) is 0.471. The highest BCUT2D eigenvalue weighted by Crippen LogP contribution is 2.10. The second kappa shape index (κ2) is 7.65. The normalized spacial score (nSPS) is 16.2. The van der Waals surface area contributed by atoms with E-state index in [-0.39, 0.29) is 6.29 Å². The third kappa shape index (κ3) is 5.55. The lowest BCUT2D eigenvalue weighted by molar-refractivity contribution is -0.132. The molecule has 0 aromatic carbocycles. The summed E-state index contributed by atoms with van der Waals surface area (Å²) in [6, 6.07) is 0. The molecule has 13 heavy (non-hydrogen) atoms. The molecular formula is C10H23O2S+. The molecule has 2 unspecified atom stereocenters. The maximum absolute atomic E-state index is 5.72. The van der Waals surface area contributed by atoms with Crippen molar-refractivity contribution in [1.82, 2.24) is 0 Å². The highest BCUT2D eigenvalue weighted by molar-refractivity contribution is 7.97. The molecule has 80 valence electrons. The minimum atomic E-state index is -0.0619. The summed E-state index contributed by atoms with van der Waals surface area (Å²) in [6.07, 6.45) is -0.0619. The second-order valence-corrected chi connectivity index (χ2v) is 5.73. The Bertz CT molecular complexity index is 115. The molecule has 0 saturated carbocycles. The molecule has 0 amide bonds. The van der Waals surface area contributed by atoms with Crippen molar-refractivity contribution < 1.29 is 9.47 Å². The fourth-order valence-electron chi connectivity index (χ4n) is 1.30. The van der Waals surface area contributed by atoms with Crippen molar-refractivity contribution in [2.75, 3.05) is 18.1 Å². The number of rotatable bonds is 7. The Morgan fingerprint density at radius 1 is 1.08 bits per heavy atom. The first kappa shape index (κ1) is 13.3. The number of ether oxygens (including phenoxy) is 2. The highest BCUT2D eigenvalue weighted by Gasteiger charge is 2.24. The third-order valence-electron chi connectivity index (χ3n) is 2.00. The molecule has 0 fully saturated rings. The van der Waals surface area contributed by atoms with Crippen LogP contribution >= 0.6 is 0 Å². The minimum Gasteiger partial charge on any atom is -0.353 e. The van der Waals surface area contributed by atoms with Crippen LogP contribution in [0.5, 0.6) is 0 Å². The molecule has 0 spiro atoms. The van der Waals surface area contributed by atoms with Gasteiger partial charge in [-0.3, -0.25) is 0 Å². The average molecular weight is 207 g/mol. The molecule has 0 aromatic heterocycles. The van der Waals surface area contributed by atoms with E-state index in [2.05, 4.69) is 20.8 Å². The van der Waals surface area contributed by atoms with E-state index in [9.17, 15) is 0 Å². The first-order chi connectivity index (χ1) is 6.15. The Balaban J connectivity index is 3.75. The summed E-state index contributed by atoms with van der Waals surface area (Å²) >= 11 is 0. The van der Waals surface area contributed by atoms with Crippen molar-refractivity contribution in [1.29, 1.82) is 0 Å². The summed E-state index contributed by atoms with van der Waals surface area (Å²) in [5.74, 6) is 2.41. The van der Waals surface area contributed by atoms with Crippen LogP contribution in [0.1, 0.15) is 34.6 Å². The monoisotopic (exact) mass is 207 g/mol. The maximum atomic E-state index is 5.72. The van der Waals surface area contributed by atoms with Crippen LogP contribution in [0.2, 0.25) is 0 Å². The van der Waals surface area contributed by atoms with Gasteiger partial charge in [0.25, 0.3) is 0 Å². The molecule has 0 aliphatic heterocycles. The Hall–Kier alpha value is 0.270. The van der Waals surface area contributed by atoms with Crippen molar-refractivity contribution in [3.8, 4) is 0 Å². The zero-order valence-electron chi connectivity index (χ0n) is 9.50. The van der Waals surface area contributed by atoms with Gasteiger partial charge in [-0.2, -0.15) is 0 Å². The van der Waals surface area contributed by atoms with Gasteiger partial charge >= 0.3 is 0 Å². The molecule has 0 aromatic rings. The molecule has 0 heterocycles. The van der Waals surface area contributed by atoms with Crippen LogP contribution < -0.4 is 0 Å². The molecule has 0 N–H and O–H groups in total. The Kier molecular flexibility index (Phi) is 7.81. The lowest BCUT2D eigenvalue weighted by Crippen LogP contribution is -2.29. The summed E-state index contributed by atoms with van der Waals surface area (Å²) in [5, 5.41) is 0.